The maximum absolute atomic E-state index is 8.85. The molecular formula is C16H17N3O. The van der Waals surface area contributed by atoms with Gasteiger partial charge in [-0.3, -0.25) is 0 Å². The third-order valence-corrected chi connectivity index (χ3v) is 2.93. The van der Waals surface area contributed by atoms with E-state index >= 15 is 0 Å². The molecule has 4 heteroatoms. The molecule has 0 aliphatic rings. The molecule has 2 rings (SSSR count). The van der Waals surface area contributed by atoms with E-state index in [4.69, 9.17) is 5.21 Å². The van der Waals surface area contributed by atoms with Gasteiger partial charge in [-0.05, 0) is 38.1 Å². The van der Waals surface area contributed by atoms with Crippen molar-refractivity contribution >= 4 is 22.8 Å². The predicted octanol–water partition coefficient (Wildman–Crippen LogP) is 4.05. The van der Waals surface area contributed by atoms with E-state index in [0.717, 1.165) is 11.4 Å². The van der Waals surface area contributed by atoms with Gasteiger partial charge in [-0.1, -0.05) is 41.6 Å². The fourth-order valence-electron chi connectivity index (χ4n) is 1.70. The zero-order chi connectivity index (χ0) is 14.4. The van der Waals surface area contributed by atoms with Crippen LogP contribution in [0.4, 0.5) is 11.4 Å². The lowest BCUT2D eigenvalue weighted by Gasteiger charge is -2.20. The van der Waals surface area contributed by atoms with E-state index in [0.29, 0.717) is 11.4 Å². The first-order chi connectivity index (χ1) is 9.72. The lowest BCUT2D eigenvalue weighted by molar-refractivity contribution is 0.320. The Morgan fingerprint density at radius 3 is 1.65 bits per heavy atom. The first kappa shape index (κ1) is 13.8. The molecule has 2 aromatic carbocycles. The molecule has 0 heterocycles. The van der Waals surface area contributed by atoms with Crippen LogP contribution in [-0.4, -0.2) is 16.6 Å². The molecule has 0 fully saturated rings. The smallest absolute Gasteiger partial charge is 0.0994 e. The van der Waals surface area contributed by atoms with Crippen LogP contribution in [0.25, 0.3) is 0 Å². The zero-order valence-electron chi connectivity index (χ0n) is 11.6. The number of anilines is 2. The van der Waals surface area contributed by atoms with Crippen LogP contribution in [0.15, 0.2) is 70.9 Å². The molecular weight excluding hydrogens is 250 g/mol. The Hall–Kier alpha value is -2.62. The fraction of sp³-hybridized carbons (Fsp3) is 0.125. The van der Waals surface area contributed by atoms with Gasteiger partial charge in [0.1, 0.15) is 0 Å². The summed E-state index contributed by atoms with van der Waals surface area (Å²) in [5.41, 5.74) is 3.04. The van der Waals surface area contributed by atoms with Crippen LogP contribution in [0.3, 0.4) is 0 Å². The number of benzene rings is 2. The van der Waals surface area contributed by atoms with Crippen LogP contribution in [0, 0.1) is 0 Å². The van der Waals surface area contributed by atoms with E-state index in [1.54, 1.807) is 6.92 Å². The van der Waals surface area contributed by atoms with Gasteiger partial charge in [0.15, 0.2) is 0 Å². The van der Waals surface area contributed by atoms with Crippen molar-refractivity contribution in [2.45, 2.75) is 13.8 Å². The molecule has 0 saturated carbocycles. The van der Waals surface area contributed by atoms with Crippen LogP contribution in [0.1, 0.15) is 13.8 Å². The van der Waals surface area contributed by atoms with Gasteiger partial charge in [-0.25, -0.2) is 5.01 Å². The van der Waals surface area contributed by atoms with Gasteiger partial charge >= 0.3 is 0 Å². The normalized spacial score (nSPS) is 12.3. The lowest BCUT2D eigenvalue weighted by atomic mass is 10.2. The summed E-state index contributed by atoms with van der Waals surface area (Å²) in [4.78, 5) is 0. The van der Waals surface area contributed by atoms with Gasteiger partial charge in [0.25, 0.3) is 0 Å². The summed E-state index contributed by atoms with van der Waals surface area (Å²) in [5.74, 6) is 0. The highest BCUT2D eigenvalue weighted by Crippen LogP contribution is 2.25. The Kier molecular flexibility index (Phi) is 4.50. The molecule has 2 aromatic rings. The van der Waals surface area contributed by atoms with Crippen LogP contribution in [0.2, 0.25) is 0 Å². The van der Waals surface area contributed by atoms with Crippen molar-refractivity contribution in [1.82, 2.24) is 0 Å². The van der Waals surface area contributed by atoms with Crippen LogP contribution >= 0.6 is 0 Å². The number of hydrogen-bond donors (Lipinski definition) is 1. The molecule has 102 valence electrons. The first-order valence-corrected chi connectivity index (χ1v) is 6.37. The SMILES string of the molecule is CC(=N/O)/C(C)=N\N(c1ccccc1)c1ccccc1. The Bertz CT molecular complexity index is 567. The third-order valence-electron chi connectivity index (χ3n) is 2.93. The van der Waals surface area contributed by atoms with Crippen molar-refractivity contribution < 1.29 is 5.21 Å². The molecule has 0 saturated heterocycles. The largest absolute Gasteiger partial charge is 0.411 e. The summed E-state index contributed by atoms with van der Waals surface area (Å²) in [5, 5.41) is 18.4. The second-order valence-electron chi connectivity index (χ2n) is 4.35. The quantitative estimate of drug-likeness (QED) is 0.516. The highest BCUT2D eigenvalue weighted by molar-refractivity contribution is 6.40. The van der Waals surface area contributed by atoms with E-state index in [1.165, 1.54) is 0 Å². The summed E-state index contributed by atoms with van der Waals surface area (Å²) in [7, 11) is 0. The van der Waals surface area contributed by atoms with Gasteiger partial charge in [0.2, 0.25) is 0 Å². The molecule has 4 nitrogen and oxygen atoms in total. The molecule has 0 amide bonds. The summed E-state index contributed by atoms with van der Waals surface area (Å²) in [6, 6.07) is 19.7. The number of hydrazone groups is 1. The van der Waals surface area contributed by atoms with Gasteiger partial charge in [-0.15, -0.1) is 0 Å². The van der Waals surface area contributed by atoms with Crippen molar-refractivity contribution in [3.63, 3.8) is 0 Å². The van der Waals surface area contributed by atoms with Crippen molar-refractivity contribution in [2.24, 2.45) is 10.3 Å². The minimum atomic E-state index is 0.488. The Morgan fingerprint density at radius 1 is 0.800 bits per heavy atom. The molecule has 0 aliphatic carbocycles. The van der Waals surface area contributed by atoms with Gasteiger partial charge in [-0.2, -0.15) is 5.10 Å². The molecule has 0 aliphatic heterocycles. The zero-order valence-corrected chi connectivity index (χ0v) is 11.6. The van der Waals surface area contributed by atoms with Crippen LogP contribution in [-0.2, 0) is 0 Å². The Balaban J connectivity index is 2.46. The molecule has 0 atom stereocenters. The second kappa shape index (κ2) is 6.52. The summed E-state index contributed by atoms with van der Waals surface area (Å²) >= 11 is 0. The number of hydrogen-bond acceptors (Lipinski definition) is 4. The van der Waals surface area contributed by atoms with Gasteiger partial charge < -0.3 is 5.21 Å². The van der Waals surface area contributed by atoms with Crippen molar-refractivity contribution in [3.05, 3.63) is 60.7 Å². The summed E-state index contributed by atoms with van der Waals surface area (Å²) < 4.78 is 0. The minimum absolute atomic E-state index is 0.488. The number of nitrogens with zero attached hydrogens (tertiary/aromatic N) is 3. The highest BCUT2D eigenvalue weighted by Gasteiger charge is 2.09. The topological polar surface area (TPSA) is 48.2 Å². The Labute approximate surface area is 118 Å². The monoisotopic (exact) mass is 267 g/mol. The molecule has 1 N–H and O–H groups in total. The van der Waals surface area contributed by atoms with Crippen molar-refractivity contribution in [1.29, 1.82) is 0 Å². The highest BCUT2D eigenvalue weighted by atomic mass is 16.4. The number of rotatable bonds is 4. The molecule has 0 spiro atoms. The molecule has 0 aromatic heterocycles. The fourth-order valence-corrected chi connectivity index (χ4v) is 1.70. The van der Waals surface area contributed by atoms with E-state index < -0.39 is 0 Å². The first-order valence-electron chi connectivity index (χ1n) is 6.37. The van der Waals surface area contributed by atoms with Crippen molar-refractivity contribution in [2.75, 3.05) is 5.01 Å². The molecule has 0 unspecified atom stereocenters. The van der Waals surface area contributed by atoms with Gasteiger partial charge in [0.05, 0.1) is 22.8 Å². The van der Waals surface area contributed by atoms with Crippen LogP contribution < -0.4 is 5.01 Å². The molecule has 0 radical (unpaired) electrons. The second-order valence-corrected chi connectivity index (χ2v) is 4.35. The van der Waals surface area contributed by atoms with Crippen molar-refractivity contribution in [3.8, 4) is 0 Å². The van der Waals surface area contributed by atoms with E-state index in [2.05, 4.69) is 10.3 Å². The number of para-hydroxylation sites is 2. The number of oxime groups is 1. The maximum atomic E-state index is 8.85. The van der Waals surface area contributed by atoms with Crippen LogP contribution in [0.5, 0.6) is 0 Å². The average Bonchev–Trinajstić information content (AvgIpc) is 2.53. The van der Waals surface area contributed by atoms with E-state index in [9.17, 15) is 0 Å². The van der Waals surface area contributed by atoms with E-state index in [1.807, 2.05) is 72.6 Å². The standard InChI is InChI=1S/C16H17N3O/c1-13(14(2)18-20)17-19(15-9-5-3-6-10-15)16-11-7-4-8-12-16/h3-12,20H,1-2H3/b17-13-,18-14-. The maximum Gasteiger partial charge on any atom is 0.0994 e. The summed E-state index contributed by atoms with van der Waals surface area (Å²) in [6.07, 6.45) is 0. The Morgan fingerprint density at radius 2 is 1.25 bits per heavy atom. The predicted molar refractivity (Wildman–Crippen MR) is 83.0 cm³/mol. The molecule has 0 bridgehead atoms. The lowest BCUT2D eigenvalue weighted by Crippen LogP contribution is -2.16. The molecule has 20 heavy (non-hydrogen) atoms. The third kappa shape index (κ3) is 3.23. The average molecular weight is 267 g/mol. The van der Waals surface area contributed by atoms with Gasteiger partial charge in [0, 0.05) is 0 Å². The van der Waals surface area contributed by atoms with E-state index in [-0.39, 0.29) is 0 Å². The minimum Gasteiger partial charge on any atom is -0.411 e. The summed E-state index contributed by atoms with van der Waals surface area (Å²) in [6.45, 7) is 3.53.